The van der Waals surface area contributed by atoms with Crippen LogP contribution in [0, 0.1) is 11.3 Å². The molecule has 0 radical (unpaired) electrons. The van der Waals surface area contributed by atoms with Gasteiger partial charge in [-0.05, 0) is 23.3 Å². The van der Waals surface area contributed by atoms with Crippen molar-refractivity contribution in [2.24, 2.45) is 0 Å². The molecule has 0 aliphatic carbocycles. The second-order valence-corrected chi connectivity index (χ2v) is 6.20. The van der Waals surface area contributed by atoms with Crippen LogP contribution in [-0.4, -0.2) is 9.78 Å². The number of anilines is 1. The van der Waals surface area contributed by atoms with Gasteiger partial charge in [-0.3, -0.25) is 0 Å². The third-order valence-corrected chi connectivity index (χ3v) is 4.45. The van der Waals surface area contributed by atoms with Gasteiger partial charge in [-0.15, -0.1) is 0 Å². The summed E-state index contributed by atoms with van der Waals surface area (Å²) >= 11 is 12.0. The summed E-state index contributed by atoms with van der Waals surface area (Å²) < 4.78 is 1.62. The largest absolute Gasteiger partial charge is 0.383 e. The molecule has 120 valence electrons. The van der Waals surface area contributed by atoms with E-state index in [0.29, 0.717) is 40.1 Å². The number of benzene rings is 2. The smallest absolute Gasteiger partial charge is 0.140 e. The van der Waals surface area contributed by atoms with Crippen LogP contribution < -0.4 is 5.73 Å². The first-order chi connectivity index (χ1) is 11.6. The van der Waals surface area contributed by atoms with Crippen LogP contribution in [-0.2, 0) is 13.0 Å². The van der Waals surface area contributed by atoms with E-state index in [1.807, 2.05) is 36.4 Å². The summed E-state index contributed by atoms with van der Waals surface area (Å²) in [6.07, 6.45) is 0.558. The molecule has 1 aromatic heterocycles. The minimum atomic E-state index is 0.356. The molecule has 0 bridgehead atoms. The van der Waals surface area contributed by atoms with Crippen LogP contribution in [0.5, 0.6) is 0 Å². The lowest BCUT2D eigenvalue weighted by Gasteiger charge is -2.05. The molecule has 3 rings (SSSR count). The Morgan fingerprint density at radius 2 is 1.79 bits per heavy atom. The van der Waals surface area contributed by atoms with Crippen LogP contribution >= 0.6 is 23.2 Å². The number of hydrogen-bond acceptors (Lipinski definition) is 3. The molecule has 6 heteroatoms. The van der Waals surface area contributed by atoms with Gasteiger partial charge < -0.3 is 5.73 Å². The Morgan fingerprint density at radius 3 is 2.46 bits per heavy atom. The normalized spacial score (nSPS) is 10.5. The minimum absolute atomic E-state index is 0.356. The van der Waals surface area contributed by atoms with Gasteiger partial charge in [-0.1, -0.05) is 59.6 Å². The van der Waals surface area contributed by atoms with E-state index < -0.39 is 0 Å². The van der Waals surface area contributed by atoms with Crippen molar-refractivity contribution < 1.29 is 0 Å². The van der Waals surface area contributed by atoms with Gasteiger partial charge in [0.15, 0.2) is 0 Å². The maximum absolute atomic E-state index is 9.42. The summed E-state index contributed by atoms with van der Waals surface area (Å²) in [6, 6.07) is 17.4. The van der Waals surface area contributed by atoms with Crippen LogP contribution in [0.3, 0.4) is 0 Å². The van der Waals surface area contributed by atoms with Crippen molar-refractivity contribution in [3.05, 3.63) is 81.0 Å². The van der Waals surface area contributed by atoms with Crippen molar-refractivity contribution in [1.82, 2.24) is 9.78 Å². The highest BCUT2D eigenvalue weighted by molar-refractivity contribution is 6.42. The summed E-state index contributed by atoms with van der Waals surface area (Å²) in [6.45, 7) is 0.423. The highest BCUT2D eigenvalue weighted by atomic mass is 35.5. The van der Waals surface area contributed by atoms with E-state index in [-0.39, 0.29) is 0 Å². The van der Waals surface area contributed by atoms with Crippen molar-refractivity contribution in [2.45, 2.75) is 13.0 Å². The Hall–Kier alpha value is -2.48. The highest BCUT2D eigenvalue weighted by Crippen LogP contribution is 2.25. The Balaban J connectivity index is 1.92. The molecule has 2 N–H and O–H groups in total. The van der Waals surface area contributed by atoms with Gasteiger partial charge in [-0.25, -0.2) is 4.68 Å². The molecule has 0 aliphatic rings. The lowest BCUT2D eigenvalue weighted by atomic mass is 10.1. The van der Waals surface area contributed by atoms with Gasteiger partial charge in [-0.2, -0.15) is 10.4 Å². The SMILES string of the molecule is N#Cc1c(Cc2ccccc2)nn(Cc2ccc(Cl)c(Cl)c2)c1N. The summed E-state index contributed by atoms with van der Waals surface area (Å²) in [5.74, 6) is 0.356. The van der Waals surface area contributed by atoms with Gasteiger partial charge in [0.05, 0.1) is 22.3 Å². The third kappa shape index (κ3) is 3.38. The van der Waals surface area contributed by atoms with Crippen molar-refractivity contribution >= 4 is 29.0 Å². The topological polar surface area (TPSA) is 67.6 Å². The van der Waals surface area contributed by atoms with E-state index in [9.17, 15) is 5.26 Å². The van der Waals surface area contributed by atoms with Gasteiger partial charge >= 0.3 is 0 Å². The van der Waals surface area contributed by atoms with Crippen LogP contribution in [0.25, 0.3) is 0 Å². The molecule has 0 saturated heterocycles. The second-order valence-electron chi connectivity index (χ2n) is 5.39. The zero-order chi connectivity index (χ0) is 17.1. The molecule has 1 heterocycles. The lowest BCUT2D eigenvalue weighted by Crippen LogP contribution is -2.06. The molecule has 2 aromatic carbocycles. The Labute approximate surface area is 150 Å². The third-order valence-electron chi connectivity index (χ3n) is 3.71. The lowest BCUT2D eigenvalue weighted by molar-refractivity contribution is 0.685. The molecule has 0 atom stereocenters. The van der Waals surface area contributed by atoms with Crippen molar-refractivity contribution in [3.63, 3.8) is 0 Å². The highest BCUT2D eigenvalue weighted by Gasteiger charge is 2.16. The molecular formula is C18H14Cl2N4. The summed E-state index contributed by atoms with van der Waals surface area (Å²) in [5.41, 5.74) is 9.17. The number of halogens is 2. The van der Waals surface area contributed by atoms with Crippen molar-refractivity contribution in [2.75, 3.05) is 5.73 Å². The number of aromatic nitrogens is 2. The molecule has 24 heavy (non-hydrogen) atoms. The van der Waals surface area contributed by atoms with E-state index in [1.165, 1.54) is 0 Å². The number of nitriles is 1. The number of rotatable bonds is 4. The van der Waals surface area contributed by atoms with Crippen LogP contribution in [0.4, 0.5) is 5.82 Å². The minimum Gasteiger partial charge on any atom is -0.383 e. The molecule has 0 fully saturated rings. The maximum Gasteiger partial charge on any atom is 0.140 e. The Kier molecular flexibility index (Phi) is 4.75. The predicted molar refractivity (Wildman–Crippen MR) is 96.2 cm³/mol. The summed E-state index contributed by atoms with van der Waals surface area (Å²) in [4.78, 5) is 0. The fourth-order valence-electron chi connectivity index (χ4n) is 2.49. The molecule has 0 aliphatic heterocycles. The maximum atomic E-state index is 9.42. The van der Waals surface area contributed by atoms with Crippen LogP contribution in [0.15, 0.2) is 48.5 Å². The first-order valence-electron chi connectivity index (χ1n) is 7.31. The molecule has 0 spiro atoms. The van der Waals surface area contributed by atoms with Crippen LogP contribution in [0.2, 0.25) is 10.0 Å². The van der Waals surface area contributed by atoms with Crippen molar-refractivity contribution in [3.8, 4) is 6.07 Å². The van der Waals surface area contributed by atoms with E-state index in [4.69, 9.17) is 28.9 Å². The van der Waals surface area contributed by atoms with Gasteiger partial charge in [0.1, 0.15) is 17.5 Å². The van der Waals surface area contributed by atoms with Crippen molar-refractivity contribution in [1.29, 1.82) is 5.26 Å². The molecule has 4 nitrogen and oxygen atoms in total. The molecular weight excluding hydrogens is 343 g/mol. The van der Waals surface area contributed by atoms with E-state index in [2.05, 4.69) is 11.2 Å². The Bertz CT molecular complexity index is 911. The Morgan fingerprint density at radius 1 is 1.04 bits per heavy atom. The summed E-state index contributed by atoms with van der Waals surface area (Å²) in [5, 5.41) is 14.9. The van der Waals surface area contributed by atoms with Crippen LogP contribution in [0.1, 0.15) is 22.4 Å². The van der Waals surface area contributed by atoms with E-state index in [1.54, 1.807) is 16.8 Å². The van der Waals surface area contributed by atoms with Gasteiger partial charge in [0, 0.05) is 6.42 Å². The zero-order valence-electron chi connectivity index (χ0n) is 12.7. The van der Waals surface area contributed by atoms with E-state index in [0.717, 1.165) is 11.1 Å². The number of nitrogen functional groups attached to an aromatic ring is 1. The van der Waals surface area contributed by atoms with Gasteiger partial charge in [0.2, 0.25) is 0 Å². The standard InChI is InChI=1S/C18H14Cl2N4/c19-15-7-6-13(8-16(15)20)11-24-18(22)14(10-21)17(23-24)9-12-4-2-1-3-5-12/h1-8H,9,11,22H2. The first kappa shape index (κ1) is 16.4. The fraction of sp³-hybridized carbons (Fsp3) is 0.111. The average molecular weight is 357 g/mol. The van der Waals surface area contributed by atoms with Gasteiger partial charge in [0.25, 0.3) is 0 Å². The first-order valence-corrected chi connectivity index (χ1v) is 8.07. The van der Waals surface area contributed by atoms with E-state index >= 15 is 0 Å². The summed E-state index contributed by atoms with van der Waals surface area (Å²) in [7, 11) is 0. The second kappa shape index (κ2) is 6.96. The average Bonchev–Trinajstić information content (AvgIpc) is 2.87. The quantitative estimate of drug-likeness (QED) is 0.758. The fourth-order valence-corrected chi connectivity index (χ4v) is 2.81. The molecule has 0 amide bonds. The monoisotopic (exact) mass is 356 g/mol. The molecule has 3 aromatic rings. The number of hydrogen-bond donors (Lipinski definition) is 1. The molecule has 0 unspecified atom stereocenters. The molecule has 0 saturated carbocycles. The predicted octanol–water partition coefficient (Wildman–Crippen LogP) is 4.28. The number of nitrogens with zero attached hydrogens (tertiary/aromatic N) is 3. The zero-order valence-corrected chi connectivity index (χ0v) is 14.2. The number of nitrogens with two attached hydrogens (primary N) is 1.